The lowest BCUT2D eigenvalue weighted by molar-refractivity contribution is -0.170. The van der Waals surface area contributed by atoms with Crippen LogP contribution in [0.4, 0.5) is 0 Å². The van der Waals surface area contributed by atoms with Gasteiger partial charge in [-0.3, -0.25) is 4.79 Å². The van der Waals surface area contributed by atoms with E-state index in [1.807, 2.05) is 6.92 Å². The van der Waals surface area contributed by atoms with E-state index in [4.69, 9.17) is 20.8 Å². The molecule has 0 aromatic heterocycles. The summed E-state index contributed by atoms with van der Waals surface area (Å²) in [6.45, 7) is 22.0. The third kappa shape index (κ3) is 6.53. The van der Waals surface area contributed by atoms with Crippen molar-refractivity contribution >= 4 is 41.6 Å². The number of benzene rings is 1. The second-order valence-corrected chi connectivity index (χ2v) is 20.3. The summed E-state index contributed by atoms with van der Waals surface area (Å²) in [5, 5.41) is 1.21. The van der Waals surface area contributed by atoms with Gasteiger partial charge in [0.25, 0.3) is 0 Å². The first kappa shape index (κ1) is 31.6. The number of halogens is 1. The molecule has 0 saturated carbocycles. The maximum atomic E-state index is 13.4. The molecule has 2 saturated heterocycles. The van der Waals surface area contributed by atoms with Crippen molar-refractivity contribution in [3.05, 3.63) is 52.4 Å². The SMILES string of the molecule is C=C(Cl)COC(=O)C1C(=CS(=O)(=O)c2ccc(C(C)(C)C)cc2)C[C@H]2[C@H]([C@@H](C)O[Si](C)(C)C(C)(C)C)C(=O)N12. The molecule has 1 aromatic carbocycles. The molecule has 1 amide bonds. The van der Waals surface area contributed by atoms with Gasteiger partial charge >= 0.3 is 5.97 Å². The van der Waals surface area contributed by atoms with E-state index in [1.165, 1.54) is 4.90 Å². The minimum atomic E-state index is -3.90. The number of fused-ring (bicyclic) bond motifs is 1. The zero-order valence-corrected chi connectivity index (χ0v) is 27.1. The van der Waals surface area contributed by atoms with Gasteiger partial charge in [0.1, 0.15) is 6.61 Å². The van der Waals surface area contributed by atoms with Crippen molar-refractivity contribution in [2.75, 3.05) is 6.61 Å². The van der Waals surface area contributed by atoms with Gasteiger partial charge in [0.15, 0.2) is 24.2 Å². The van der Waals surface area contributed by atoms with Gasteiger partial charge in [0, 0.05) is 10.4 Å². The largest absolute Gasteiger partial charge is 0.458 e. The highest BCUT2D eigenvalue weighted by Crippen LogP contribution is 2.47. The van der Waals surface area contributed by atoms with Crippen molar-refractivity contribution < 1.29 is 27.2 Å². The van der Waals surface area contributed by atoms with Crippen LogP contribution in [-0.4, -0.2) is 58.3 Å². The van der Waals surface area contributed by atoms with Gasteiger partial charge in [-0.25, -0.2) is 13.2 Å². The van der Waals surface area contributed by atoms with Crippen molar-refractivity contribution in [1.29, 1.82) is 0 Å². The number of esters is 1. The number of nitrogens with zero attached hydrogens (tertiary/aromatic N) is 1. The first-order chi connectivity index (χ1) is 17.7. The molecule has 3 rings (SSSR count). The van der Waals surface area contributed by atoms with Crippen molar-refractivity contribution in [3.63, 3.8) is 0 Å². The molecule has 2 aliphatic heterocycles. The number of carbonyl (C=O) groups is 2. The van der Waals surface area contributed by atoms with Gasteiger partial charge in [-0.2, -0.15) is 0 Å². The molecule has 0 radical (unpaired) electrons. The molecule has 0 aliphatic carbocycles. The molecular weight excluding hydrogens is 554 g/mol. The van der Waals surface area contributed by atoms with Crippen molar-refractivity contribution in [3.8, 4) is 0 Å². The van der Waals surface area contributed by atoms with E-state index in [9.17, 15) is 18.0 Å². The van der Waals surface area contributed by atoms with Crippen LogP contribution < -0.4 is 0 Å². The number of ether oxygens (including phenoxy) is 1. The van der Waals surface area contributed by atoms with Crippen LogP contribution >= 0.6 is 11.6 Å². The predicted octanol–water partition coefficient (Wildman–Crippen LogP) is 5.95. The third-order valence-corrected chi connectivity index (χ3v) is 14.4. The van der Waals surface area contributed by atoms with Crippen LogP contribution in [0.25, 0.3) is 0 Å². The number of rotatable bonds is 8. The van der Waals surface area contributed by atoms with Crippen molar-refractivity contribution in [2.45, 2.75) is 102 Å². The maximum absolute atomic E-state index is 13.4. The maximum Gasteiger partial charge on any atom is 0.333 e. The highest BCUT2D eigenvalue weighted by Gasteiger charge is 2.61. The quantitative estimate of drug-likeness (QED) is 0.210. The fourth-order valence-electron chi connectivity index (χ4n) is 4.91. The lowest BCUT2D eigenvalue weighted by atomic mass is 9.84. The highest BCUT2D eigenvalue weighted by atomic mass is 35.5. The Morgan fingerprint density at radius 1 is 1.18 bits per heavy atom. The smallest absolute Gasteiger partial charge is 0.333 e. The highest BCUT2D eigenvalue weighted by molar-refractivity contribution is 7.94. The average Bonchev–Trinajstić information content (AvgIpc) is 3.09. The zero-order valence-electron chi connectivity index (χ0n) is 24.5. The number of hydrogen-bond acceptors (Lipinski definition) is 6. The Balaban J connectivity index is 1.95. The van der Waals surface area contributed by atoms with Crippen LogP contribution in [0.5, 0.6) is 0 Å². The van der Waals surface area contributed by atoms with Crippen molar-refractivity contribution in [1.82, 2.24) is 4.90 Å². The minimum absolute atomic E-state index is 0.0403. The van der Waals surface area contributed by atoms with E-state index < -0.39 is 36.1 Å². The normalized spacial score (nSPS) is 23.8. The molecule has 2 heterocycles. The van der Waals surface area contributed by atoms with Crippen molar-refractivity contribution in [2.24, 2.45) is 5.92 Å². The second-order valence-electron chi connectivity index (χ2n) is 13.2. The van der Waals surface area contributed by atoms with Crippen LogP contribution in [0.1, 0.15) is 60.5 Å². The number of sulfone groups is 1. The predicted molar refractivity (Wildman–Crippen MR) is 157 cm³/mol. The standard InChI is InChI=1S/C29H42ClNO6SSi/c1-18(30)16-36-27(33)25-20(17-38(34,35)22-13-11-21(12-14-22)28(3,4)5)15-23-24(26(32)31(23)25)19(2)37-39(9,10)29(6,7)8/h11-14,17,19,23-25H,1,15-16H2,2-10H3/t19-,23+,24+,25?/m1/s1. The van der Waals surface area contributed by atoms with E-state index in [0.29, 0.717) is 5.57 Å². The average molecular weight is 596 g/mol. The molecular formula is C29H42ClNO6SSi. The molecule has 2 fully saturated rings. The van der Waals surface area contributed by atoms with Gasteiger partial charge in [0.05, 0.1) is 23.0 Å². The first-order valence-corrected chi connectivity index (χ1v) is 18.1. The summed E-state index contributed by atoms with van der Waals surface area (Å²) in [6, 6.07) is 5.24. The minimum Gasteiger partial charge on any atom is -0.458 e. The van der Waals surface area contributed by atoms with Crippen LogP contribution in [-0.2, 0) is 34.0 Å². The third-order valence-electron chi connectivity index (χ3n) is 8.13. The summed E-state index contributed by atoms with van der Waals surface area (Å²) in [4.78, 5) is 28.1. The molecule has 0 bridgehead atoms. The summed E-state index contributed by atoms with van der Waals surface area (Å²) in [7, 11) is -6.07. The fourth-order valence-corrected chi connectivity index (χ4v) is 7.67. The summed E-state index contributed by atoms with van der Waals surface area (Å²) in [5.41, 5.74) is 1.20. The summed E-state index contributed by atoms with van der Waals surface area (Å²) in [5.74, 6) is -1.45. The molecule has 0 N–H and O–H groups in total. The Morgan fingerprint density at radius 3 is 2.23 bits per heavy atom. The topological polar surface area (TPSA) is 90.0 Å². The molecule has 10 heteroatoms. The monoisotopic (exact) mass is 595 g/mol. The zero-order chi connectivity index (χ0) is 29.7. The number of carbonyl (C=O) groups excluding carboxylic acids is 2. The molecule has 7 nitrogen and oxygen atoms in total. The second kappa shape index (κ2) is 10.8. The van der Waals surface area contributed by atoms with Crippen LogP contribution in [0, 0.1) is 5.92 Å². The lowest BCUT2D eigenvalue weighted by Gasteiger charge is -2.49. The van der Waals surface area contributed by atoms with Gasteiger partial charge in [-0.05, 0) is 60.2 Å². The number of β-lactam (4-membered cyclic amide) rings is 1. The Kier molecular flexibility index (Phi) is 8.75. The Labute approximate surface area is 239 Å². The van der Waals surface area contributed by atoms with Gasteiger partial charge < -0.3 is 14.1 Å². The van der Waals surface area contributed by atoms with E-state index in [0.717, 1.165) is 11.0 Å². The lowest BCUT2D eigenvalue weighted by Crippen LogP contribution is -2.66. The van der Waals surface area contributed by atoms with Gasteiger partial charge in [0.2, 0.25) is 5.91 Å². The fraction of sp³-hybridized carbons (Fsp3) is 0.586. The summed E-state index contributed by atoms with van der Waals surface area (Å²) < 4.78 is 38.7. The Morgan fingerprint density at radius 2 is 1.74 bits per heavy atom. The summed E-state index contributed by atoms with van der Waals surface area (Å²) in [6.07, 6.45) is -0.137. The number of amides is 1. The molecule has 39 heavy (non-hydrogen) atoms. The van der Waals surface area contributed by atoms with E-state index in [-0.39, 0.29) is 51.5 Å². The van der Waals surface area contributed by atoms with E-state index in [2.05, 4.69) is 61.2 Å². The Bertz CT molecular complexity index is 1270. The Hall–Kier alpha value is -1.94. The summed E-state index contributed by atoms with van der Waals surface area (Å²) >= 11 is 5.79. The molecule has 4 atom stereocenters. The first-order valence-electron chi connectivity index (χ1n) is 13.2. The molecule has 216 valence electrons. The van der Waals surface area contributed by atoms with Gasteiger partial charge in [-0.15, -0.1) is 0 Å². The molecule has 2 aliphatic rings. The molecule has 1 aromatic rings. The van der Waals surface area contributed by atoms with Gasteiger partial charge in [-0.1, -0.05) is 71.9 Å². The number of hydrogen-bond donors (Lipinski definition) is 0. The molecule has 0 spiro atoms. The van der Waals surface area contributed by atoms with Crippen LogP contribution in [0.3, 0.4) is 0 Å². The van der Waals surface area contributed by atoms with E-state index >= 15 is 0 Å². The van der Waals surface area contributed by atoms with Crippen LogP contribution in [0.15, 0.2) is 51.8 Å². The van der Waals surface area contributed by atoms with Crippen LogP contribution in [0.2, 0.25) is 18.1 Å². The van der Waals surface area contributed by atoms with E-state index in [1.54, 1.807) is 24.3 Å². The molecule has 1 unspecified atom stereocenters.